The van der Waals surface area contributed by atoms with Crippen LogP contribution in [0.3, 0.4) is 0 Å². The number of anilines is 1. The minimum atomic E-state index is 1.07. The van der Waals surface area contributed by atoms with Crippen LogP contribution in [0.5, 0.6) is 0 Å². The molecule has 2 heterocycles. The summed E-state index contributed by atoms with van der Waals surface area (Å²) in [5.41, 5.74) is 2.67. The van der Waals surface area contributed by atoms with Crippen molar-refractivity contribution < 1.29 is 4.42 Å². The van der Waals surface area contributed by atoms with Gasteiger partial charge in [-0.2, -0.15) is 0 Å². The number of fused-ring (bicyclic) bond motifs is 2. The SMILES string of the molecule is c1occ2cc3c(cc12)CCN3. The van der Waals surface area contributed by atoms with Gasteiger partial charge in [-0.15, -0.1) is 0 Å². The topological polar surface area (TPSA) is 25.2 Å². The maximum Gasteiger partial charge on any atom is 0.0982 e. The van der Waals surface area contributed by atoms with Crippen molar-refractivity contribution in [3.63, 3.8) is 0 Å². The van der Waals surface area contributed by atoms with Gasteiger partial charge in [0.1, 0.15) is 0 Å². The molecule has 2 aromatic rings. The van der Waals surface area contributed by atoms with Crippen molar-refractivity contribution in [3.05, 3.63) is 30.2 Å². The predicted octanol–water partition coefficient (Wildman–Crippen LogP) is 2.40. The normalized spacial score (nSPS) is 14.7. The maximum absolute atomic E-state index is 5.12. The fourth-order valence-corrected chi connectivity index (χ4v) is 1.77. The first-order valence-corrected chi connectivity index (χ1v) is 4.16. The third-order valence-electron chi connectivity index (χ3n) is 2.41. The van der Waals surface area contributed by atoms with E-state index >= 15 is 0 Å². The zero-order chi connectivity index (χ0) is 7.97. The second kappa shape index (κ2) is 2.03. The van der Waals surface area contributed by atoms with E-state index in [1.54, 1.807) is 12.5 Å². The van der Waals surface area contributed by atoms with E-state index in [0.717, 1.165) is 13.0 Å². The Labute approximate surface area is 70.2 Å². The summed E-state index contributed by atoms with van der Waals surface area (Å²) in [6.45, 7) is 1.07. The van der Waals surface area contributed by atoms with Gasteiger partial charge in [-0.3, -0.25) is 0 Å². The van der Waals surface area contributed by atoms with Crippen molar-refractivity contribution in [1.82, 2.24) is 0 Å². The Morgan fingerprint density at radius 3 is 2.92 bits per heavy atom. The van der Waals surface area contributed by atoms with Crippen molar-refractivity contribution in [2.24, 2.45) is 0 Å². The molecule has 1 aromatic heterocycles. The van der Waals surface area contributed by atoms with Crippen LogP contribution in [0.15, 0.2) is 29.1 Å². The standard InChI is InChI=1S/C10H9NO/c1-2-11-10-4-9-6-12-5-8(9)3-7(1)10/h3-6,11H,1-2H2. The molecule has 0 amide bonds. The number of furan rings is 1. The molecule has 0 radical (unpaired) electrons. The van der Waals surface area contributed by atoms with Gasteiger partial charge in [-0.05, 0) is 24.1 Å². The molecule has 0 spiro atoms. The number of benzene rings is 1. The summed E-state index contributed by atoms with van der Waals surface area (Å²) >= 11 is 0. The molecule has 1 N–H and O–H groups in total. The predicted molar refractivity (Wildman–Crippen MR) is 48.4 cm³/mol. The minimum Gasteiger partial charge on any atom is -0.471 e. The molecule has 60 valence electrons. The second-order valence-electron chi connectivity index (χ2n) is 3.19. The summed E-state index contributed by atoms with van der Waals surface area (Å²) in [7, 11) is 0. The summed E-state index contributed by atoms with van der Waals surface area (Å²) in [5, 5.41) is 5.73. The summed E-state index contributed by atoms with van der Waals surface area (Å²) in [5.74, 6) is 0. The van der Waals surface area contributed by atoms with Gasteiger partial charge in [-0.25, -0.2) is 0 Å². The second-order valence-corrected chi connectivity index (χ2v) is 3.19. The Hall–Kier alpha value is -1.44. The first-order chi connectivity index (χ1) is 5.93. The maximum atomic E-state index is 5.12. The minimum absolute atomic E-state index is 1.07. The van der Waals surface area contributed by atoms with E-state index in [0.29, 0.717) is 0 Å². The molecule has 0 aliphatic carbocycles. The molecule has 1 aliphatic heterocycles. The van der Waals surface area contributed by atoms with E-state index in [-0.39, 0.29) is 0 Å². The molecule has 12 heavy (non-hydrogen) atoms. The van der Waals surface area contributed by atoms with Gasteiger partial charge >= 0.3 is 0 Å². The lowest BCUT2D eigenvalue weighted by Gasteiger charge is -1.97. The Kier molecular flexibility index (Phi) is 1.04. The molecule has 2 heteroatoms. The summed E-state index contributed by atoms with van der Waals surface area (Å²) in [6, 6.07) is 4.36. The van der Waals surface area contributed by atoms with Gasteiger partial charge in [-0.1, -0.05) is 0 Å². The average molecular weight is 159 g/mol. The molecule has 2 nitrogen and oxygen atoms in total. The van der Waals surface area contributed by atoms with Crippen molar-refractivity contribution in [2.45, 2.75) is 6.42 Å². The third-order valence-corrected chi connectivity index (χ3v) is 2.41. The van der Waals surface area contributed by atoms with E-state index in [1.807, 2.05) is 0 Å². The van der Waals surface area contributed by atoms with Crippen LogP contribution in [-0.4, -0.2) is 6.54 Å². The first kappa shape index (κ1) is 6.12. The van der Waals surface area contributed by atoms with Crippen molar-refractivity contribution in [1.29, 1.82) is 0 Å². The Balaban J connectivity index is 2.38. The zero-order valence-corrected chi connectivity index (χ0v) is 6.63. The highest BCUT2D eigenvalue weighted by Crippen LogP contribution is 2.28. The van der Waals surface area contributed by atoms with Crippen LogP contribution in [0.1, 0.15) is 5.56 Å². The average Bonchev–Trinajstić information content (AvgIpc) is 2.64. The molecule has 1 aromatic carbocycles. The first-order valence-electron chi connectivity index (χ1n) is 4.16. The number of hydrogen-bond acceptors (Lipinski definition) is 2. The van der Waals surface area contributed by atoms with Crippen LogP contribution in [0.2, 0.25) is 0 Å². The largest absolute Gasteiger partial charge is 0.471 e. The van der Waals surface area contributed by atoms with Crippen molar-refractivity contribution in [3.8, 4) is 0 Å². The van der Waals surface area contributed by atoms with E-state index in [9.17, 15) is 0 Å². The Bertz CT molecular complexity index is 392. The highest BCUT2D eigenvalue weighted by molar-refractivity contribution is 5.86. The van der Waals surface area contributed by atoms with E-state index < -0.39 is 0 Å². The van der Waals surface area contributed by atoms with Gasteiger partial charge in [0.05, 0.1) is 12.5 Å². The lowest BCUT2D eigenvalue weighted by atomic mass is 10.1. The Morgan fingerprint density at radius 2 is 2.00 bits per heavy atom. The van der Waals surface area contributed by atoms with Crippen LogP contribution in [0.4, 0.5) is 5.69 Å². The van der Waals surface area contributed by atoms with Crippen LogP contribution in [0.25, 0.3) is 10.8 Å². The van der Waals surface area contributed by atoms with Crippen molar-refractivity contribution in [2.75, 3.05) is 11.9 Å². The molecule has 0 atom stereocenters. The Morgan fingerprint density at radius 1 is 1.17 bits per heavy atom. The fourth-order valence-electron chi connectivity index (χ4n) is 1.77. The molecule has 3 rings (SSSR count). The molecule has 1 aliphatic rings. The quantitative estimate of drug-likeness (QED) is 0.638. The highest BCUT2D eigenvalue weighted by atomic mass is 16.3. The lowest BCUT2D eigenvalue weighted by Crippen LogP contribution is -1.90. The third kappa shape index (κ3) is 0.694. The zero-order valence-electron chi connectivity index (χ0n) is 6.63. The van der Waals surface area contributed by atoms with Crippen LogP contribution < -0.4 is 5.32 Å². The van der Waals surface area contributed by atoms with Gasteiger partial charge in [0, 0.05) is 23.0 Å². The van der Waals surface area contributed by atoms with Crippen LogP contribution in [-0.2, 0) is 6.42 Å². The molecule has 0 saturated carbocycles. The monoisotopic (exact) mass is 159 g/mol. The molecular weight excluding hydrogens is 150 g/mol. The van der Waals surface area contributed by atoms with Gasteiger partial charge in [0.2, 0.25) is 0 Å². The highest BCUT2D eigenvalue weighted by Gasteiger charge is 2.10. The van der Waals surface area contributed by atoms with E-state index in [2.05, 4.69) is 17.4 Å². The number of rotatable bonds is 0. The van der Waals surface area contributed by atoms with E-state index in [4.69, 9.17) is 4.42 Å². The molecule has 0 fully saturated rings. The fraction of sp³-hybridized carbons (Fsp3) is 0.200. The summed E-state index contributed by atoms with van der Waals surface area (Å²) in [6.07, 6.45) is 4.72. The molecule has 0 bridgehead atoms. The number of hydrogen-bond donors (Lipinski definition) is 1. The van der Waals surface area contributed by atoms with Crippen LogP contribution in [0, 0.1) is 0 Å². The molecular formula is C10H9NO. The van der Waals surface area contributed by atoms with Crippen molar-refractivity contribution >= 4 is 16.5 Å². The van der Waals surface area contributed by atoms with Crippen LogP contribution >= 0.6 is 0 Å². The molecule has 0 saturated heterocycles. The summed E-state index contributed by atoms with van der Waals surface area (Å²) in [4.78, 5) is 0. The van der Waals surface area contributed by atoms with Gasteiger partial charge < -0.3 is 9.73 Å². The van der Waals surface area contributed by atoms with Gasteiger partial charge in [0.25, 0.3) is 0 Å². The summed E-state index contributed by atoms with van der Waals surface area (Å²) < 4.78 is 5.12. The molecule has 0 unspecified atom stereocenters. The number of nitrogens with one attached hydrogen (secondary N) is 1. The smallest absolute Gasteiger partial charge is 0.0982 e. The van der Waals surface area contributed by atoms with Gasteiger partial charge in [0.15, 0.2) is 0 Å². The lowest BCUT2D eigenvalue weighted by molar-refractivity contribution is 0.572. The van der Waals surface area contributed by atoms with E-state index in [1.165, 1.54) is 22.0 Å².